The Balaban J connectivity index is 1.85. The molecule has 0 bridgehead atoms. The number of amides is 1. The van der Waals surface area contributed by atoms with Crippen LogP contribution in [0.2, 0.25) is 0 Å². The number of anilines is 1. The lowest BCUT2D eigenvalue weighted by atomic mass is 10.1. The molecule has 10 heteroatoms. The molecule has 1 aliphatic heterocycles. The Morgan fingerprint density at radius 1 is 1.36 bits per heavy atom. The molecule has 0 fully saturated rings. The molecule has 1 amide bonds. The van der Waals surface area contributed by atoms with Crippen molar-refractivity contribution in [2.45, 2.75) is 24.8 Å². The molecule has 1 aromatic carbocycles. The normalized spacial score (nSPS) is 13.6. The van der Waals surface area contributed by atoms with Gasteiger partial charge in [-0.05, 0) is 36.8 Å². The van der Waals surface area contributed by atoms with E-state index in [9.17, 15) is 13.2 Å². The number of pyridine rings is 1. The van der Waals surface area contributed by atoms with Gasteiger partial charge in [0, 0.05) is 23.1 Å². The molecule has 28 heavy (non-hydrogen) atoms. The van der Waals surface area contributed by atoms with Gasteiger partial charge in [-0.1, -0.05) is 15.9 Å². The van der Waals surface area contributed by atoms with Crippen LogP contribution in [0.15, 0.2) is 39.8 Å². The van der Waals surface area contributed by atoms with E-state index < -0.39 is 16.1 Å². The summed E-state index contributed by atoms with van der Waals surface area (Å²) in [6.45, 7) is 2.88. The number of aromatic nitrogens is 1. The van der Waals surface area contributed by atoms with Gasteiger partial charge in [0.05, 0.1) is 32.1 Å². The smallest absolute Gasteiger partial charge is 0.410 e. The van der Waals surface area contributed by atoms with Crippen LogP contribution >= 0.6 is 15.9 Å². The van der Waals surface area contributed by atoms with Crippen molar-refractivity contribution in [1.29, 1.82) is 0 Å². The fourth-order valence-electron chi connectivity index (χ4n) is 2.92. The zero-order valence-electron chi connectivity index (χ0n) is 15.4. The van der Waals surface area contributed by atoms with E-state index in [4.69, 9.17) is 9.47 Å². The van der Waals surface area contributed by atoms with Crippen molar-refractivity contribution in [2.24, 2.45) is 0 Å². The van der Waals surface area contributed by atoms with Crippen LogP contribution in [0.5, 0.6) is 5.75 Å². The van der Waals surface area contributed by atoms with E-state index in [0.29, 0.717) is 36.3 Å². The number of hydrogen-bond acceptors (Lipinski definition) is 6. The number of sulfonamides is 1. The number of methoxy groups -OCH3 is 1. The largest absolute Gasteiger partial charge is 0.495 e. The van der Waals surface area contributed by atoms with Crippen LogP contribution in [0, 0.1) is 0 Å². The second-order valence-electron chi connectivity index (χ2n) is 6.10. The Morgan fingerprint density at radius 3 is 2.86 bits per heavy atom. The first-order valence-electron chi connectivity index (χ1n) is 8.60. The second kappa shape index (κ2) is 8.36. The highest BCUT2D eigenvalue weighted by atomic mass is 79.9. The number of halogens is 1. The monoisotopic (exact) mass is 469 g/mol. The Morgan fingerprint density at radius 2 is 2.14 bits per heavy atom. The van der Waals surface area contributed by atoms with Crippen LogP contribution < -0.4 is 9.46 Å². The van der Waals surface area contributed by atoms with Crippen molar-refractivity contribution < 1.29 is 22.7 Å². The minimum atomic E-state index is -3.89. The number of carbonyl (C=O) groups excluding carboxylic acids is 1. The lowest BCUT2D eigenvalue weighted by Crippen LogP contribution is -2.36. The number of ether oxygens (including phenoxy) is 2. The fraction of sp³-hybridized carbons (Fsp3) is 0.333. The third kappa shape index (κ3) is 4.39. The Labute approximate surface area is 172 Å². The zero-order chi connectivity index (χ0) is 20.3. The van der Waals surface area contributed by atoms with Crippen LogP contribution in [0.25, 0.3) is 0 Å². The minimum absolute atomic E-state index is 0.00949. The lowest BCUT2D eigenvalue weighted by molar-refractivity contribution is 0.102. The van der Waals surface area contributed by atoms with E-state index in [2.05, 4.69) is 25.6 Å². The average molecular weight is 470 g/mol. The predicted octanol–water partition coefficient (Wildman–Crippen LogP) is 3.17. The number of rotatable bonds is 5. The first-order valence-corrected chi connectivity index (χ1v) is 10.9. The number of hydrogen-bond donors (Lipinski definition) is 1. The van der Waals surface area contributed by atoms with Gasteiger partial charge in [0.15, 0.2) is 0 Å². The summed E-state index contributed by atoms with van der Waals surface area (Å²) < 4.78 is 39.0. The maximum atomic E-state index is 12.8. The van der Waals surface area contributed by atoms with E-state index in [1.165, 1.54) is 19.4 Å². The molecule has 0 radical (unpaired) electrons. The molecule has 2 heterocycles. The molecule has 0 unspecified atom stereocenters. The molecule has 8 nitrogen and oxygen atoms in total. The van der Waals surface area contributed by atoms with Gasteiger partial charge in [-0.3, -0.25) is 9.71 Å². The van der Waals surface area contributed by atoms with Crippen molar-refractivity contribution in [3.63, 3.8) is 0 Å². The quantitative estimate of drug-likeness (QED) is 0.721. The SMILES string of the molecule is CCOC(=O)N1CCc2ncc(NS(=O)(=O)c3cc(Br)ccc3OC)cc2C1. The summed E-state index contributed by atoms with van der Waals surface area (Å²) in [6.07, 6.45) is 1.67. The minimum Gasteiger partial charge on any atom is -0.495 e. The molecule has 3 rings (SSSR count). The summed E-state index contributed by atoms with van der Waals surface area (Å²) in [7, 11) is -2.48. The van der Waals surface area contributed by atoms with E-state index in [1.807, 2.05) is 0 Å². The van der Waals surface area contributed by atoms with E-state index >= 15 is 0 Å². The molecule has 150 valence electrons. The molecule has 1 aromatic heterocycles. The summed E-state index contributed by atoms with van der Waals surface area (Å²) in [5, 5.41) is 0. The van der Waals surface area contributed by atoms with Crippen molar-refractivity contribution >= 4 is 37.7 Å². The Bertz CT molecular complexity index is 997. The standard InChI is InChI=1S/C18H20BrN3O5S/c1-3-27-18(23)22-7-6-15-12(11-22)8-14(10-20-15)21-28(24,25)17-9-13(19)4-5-16(17)26-2/h4-5,8-10,21H,3,6-7,11H2,1-2H3. The molecule has 0 atom stereocenters. The van der Waals surface area contributed by atoms with Crippen molar-refractivity contribution in [3.8, 4) is 5.75 Å². The van der Waals surface area contributed by atoms with Crippen LogP contribution in [0.4, 0.5) is 10.5 Å². The third-order valence-corrected chi connectivity index (χ3v) is 6.13. The van der Waals surface area contributed by atoms with Gasteiger partial charge in [-0.25, -0.2) is 13.2 Å². The molecule has 0 saturated heterocycles. The van der Waals surface area contributed by atoms with Gasteiger partial charge >= 0.3 is 6.09 Å². The topological polar surface area (TPSA) is 97.8 Å². The molecule has 1 aliphatic rings. The zero-order valence-corrected chi connectivity index (χ0v) is 17.8. The van der Waals surface area contributed by atoms with Crippen LogP contribution in [0.3, 0.4) is 0 Å². The number of nitrogens with zero attached hydrogens (tertiary/aromatic N) is 2. The molecule has 2 aromatic rings. The Hall–Kier alpha value is -2.33. The van der Waals surface area contributed by atoms with Crippen LogP contribution in [-0.4, -0.2) is 44.7 Å². The highest BCUT2D eigenvalue weighted by Gasteiger charge is 2.24. The molecule has 0 saturated carbocycles. The van der Waals surface area contributed by atoms with Gasteiger partial charge < -0.3 is 14.4 Å². The highest BCUT2D eigenvalue weighted by molar-refractivity contribution is 9.10. The lowest BCUT2D eigenvalue weighted by Gasteiger charge is -2.27. The maximum Gasteiger partial charge on any atom is 0.410 e. The average Bonchev–Trinajstić information content (AvgIpc) is 2.67. The highest BCUT2D eigenvalue weighted by Crippen LogP contribution is 2.29. The van der Waals surface area contributed by atoms with Crippen LogP contribution in [-0.2, 0) is 27.7 Å². The van der Waals surface area contributed by atoms with Gasteiger partial charge in [-0.15, -0.1) is 0 Å². The first-order chi connectivity index (χ1) is 13.3. The molecular formula is C18H20BrN3O5S. The van der Waals surface area contributed by atoms with Crippen molar-refractivity contribution in [3.05, 3.63) is 46.2 Å². The fourth-order valence-corrected chi connectivity index (χ4v) is 4.67. The van der Waals surface area contributed by atoms with E-state index in [1.54, 1.807) is 30.0 Å². The van der Waals surface area contributed by atoms with Gasteiger partial charge in [-0.2, -0.15) is 0 Å². The van der Waals surface area contributed by atoms with Gasteiger partial charge in [0.2, 0.25) is 0 Å². The number of fused-ring (bicyclic) bond motifs is 1. The molecule has 0 aliphatic carbocycles. The summed E-state index contributed by atoms with van der Waals surface area (Å²) in [5.74, 6) is 0.232. The first kappa shape index (κ1) is 20.4. The van der Waals surface area contributed by atoms with E-state index in [0.717, 1.165) is 11.3 Å². The summed E-state index contributed by atoms with van der Waals surface area (Å²) >= 11 is 3.28. The molecule has 0 spiro atoms. The molecular weight excluding hydrogens is 450 g/mol. The number of nitrogens with one attached hydrogen (secondary N) is 1. The summed E-state index contributed by atoms with van der Waals surface area (Å²) in [5.41, 5.74) is 1.93. The number of carbonyl (C=O) groups is 1. The van der Waals surface area contributed by atoms with Crippen molar-refractivity contribution in [2.75, 3.05) is 25.0 Å². The maximum absolute atomic E-state index is 12.8. The Kier molecular flexibility index (Phi) is 6.09. The summed E-state index contributed by atoms with van der Waals surface area (Å²) in [6, 6.07) is 6.43. The third-order valence-electron chi connectivity index (χ3n) is 4.23. The summed E-state index contributed by atoms with van der Waals surface area (Å²) in [4.78, 5) is 17.9. The van der Waals surface area contributed by atoms with Gasteiger partial charge in [0.25, 0.3) is 10.0 Å². The van der Waals surface area contributed by atoms with Crippen molar-refractivity contribution in [1.82, 2.24) is 9.88 Å². The predicted molar refractivity (Wildman–Crippen MR) is 107 cm³/mol. The van der Waals surface area contributed by atoms with Gasteiger partial charge in [0.1, 0.15) is 10.6 Å². The van der Waals surface area contributed by atoms with Crippen LogP contribution in [0.1, 0.15) is 18.2 Å². The second-order valence-corrected chi connectivity index (χ2v) is 8.67. The number of benzene rings is 1. The van der Waals surface area contributed by atoms with E-state index in [-0.39, 0.29) is 10.6 Å². The molecule has 1 N–H and O–H groups in total.